The van der Waals surface area contributed by atoms with Crippen molar-refractivity contribution < 1.29 is 9.53 Å². The molecule has 1 aromatic carbocycles. The van der Waals surface area contributed by atoms with Crippen molar-refractivity contribution in [3.05, 3.63) is 23.2 Å². The van der Waals surface area contributed by atoms with Crippen LogP contribution >= 0.6 is 11.6 Å². The molecule has 0 unspecified atom stereocenters. The molecule has 1 saturated heterocycles. The van der Waals surface area contributed by atoms with Gasteiger partial charge in [0, 0.05) is 25.8 Å². The molecule has 0 saturated carbocycles. The van der Waals surface area contributed by atoms with Crippen LogP contribution in [0.25, 0.3) is 0 Å². The Labute approximate surface area is 112 Å². The van der Waals surface area contributed by atoms with Gasteiger partial charge in [-0.3, -0.25) is 4.79 Å². The molecule has 0 atom stereocenters. The van der Waals surface area contributed by atoms with E-state index in [1.807, 2.05) is 13.0 Å². The van der Waals surface area contributed by atoms with Crippen LogP contribution in [0.2, 0.25) is 5.02 Å². The molecule has 0 spiro atoms. The molecule has 5 heteroatoms. The second-order valence-electron chi connectivity index (χ2n) is 4.30. The number of halogens is 1. The minimum atomic E-state index is 0.0837. The highest BCUT2D eigenvalue weighted by Gasteiger charge is 2.28. The van der Waals surface area contributed by atoms with E-state index < -0.39 is 0 Å². The number of carbonyl (C=O) groups is 1. The van der Waals surface area contributed by atoms with Crippen LogP contribution in [0.4, 0.5) is 5.69 Å². The van der Waals surface area contributed by atoms with Crippen molar-refractivity contribution in [2.75, 3.05) is 31.6 Å². The maximum absolute atomic E-state index is 12.1. The first-order chi connectivity index (χ1) is 8.63. The zero-order valence-electron chi connectivity index (χ0n) is 10.6. The standard InChI is InChI=1S/C13H17ClN2O2/c1-3-18-12-5-4-10(6-11(12)14)16(2)13(17)9-7-15-8-9/h4-6,9,15H,3,7-8H2,1-2H3. The summed E-state index contributed by atoms with van der Waals surface area (Å²) >= 11 is 6.11. The molecular weight excluding hydrogens is 252 g/mol. The van der Waals surface area contributed by atoms with E-state index in [1.54, 1.807) is 24.1 Å². The minimum Gasteiger partial charge on any atom is -0.492 e. The van der Waals surface area contributed by atoms with E-state index in [0.29, 0.717) is 17.4 Å². The Bertz CT molecular complexity index is 447. The van der Waals surface area contributed by atoms with Gasteiger partial charge in [0.05, 0.1) is 17.5 Å². The Morgan fingerprint density at radius 3 is 2.78 bits per heavy atom. The summed E-state index contributed by atoms with van der Waals surface area (Å²) < 4.78 is 5.37. The largest absolute Gasteiger partial charge is 0.492 e. The van der Waals surface area contributed by atoms with Crippen LogP contribution in [0.1, 0.15) is 6.92 Å². The predicted molar refractivity (Wildman–Crippen MR) is 72.4 cm³/mol. The zero-order chi connectivity index (χ0) is 13.1. The molecule has 1 amide bonds. The third kappa shape index (κ3) is 2.60. The van der Waals surface area contributed by atoms with Gasteiger partial charge in [0.15, 0.2) is 0 Å². The summed E-state index contributed by atoms with van der Waals surface area (Å²) in [7, 11) is 1.77. The van der Waals surface area contributed by atoms with Crippen molar-refractivity contribution in [3.8, 4) is 5.75 Å². The predicted octanol–water partition coefficient (Wildman–Crippen LogP) is 1.92. The smallest absolute Gasteiger partial charge is 0.232 e. The molecule has 1 aliphatic rings. The summed E-state index contributed by atoms with van der Waals surface area (Å²) in [6.45, 7) is 3.99. The molecule has 1 aliphatic heterocycles. The van der Waals surface area contributed by atoms with Gasteiger partial charge in [-0.1, -0.05) is 11.6 Å². The molecule has 1 aromatic rings. The van der Waals surface area contributed by atoms with Crippen molar-refractivity contribution in [2.45, 2.75) is 6.92 Å². The zero-order valence-corrected chi connectivity index (χ0v) is 11.3. The van der Waals surface area contributed by atoms with Crippen LogP contribution in [0.15, 0.2) is 18.2 Å². The number of nitrogens with one attached hydrogen (secondary N) is 1. The monoisotopic (exact) mass is 268 g/mol. The van der Waals surface area contributed by atoms with Gasteiger partial charge in [-0.25, -0.2) is 0 Å². The fourth-order valence-electron chi connectivity index (χ4n) is 1.84. The molecule has 2 rings (SSSR count). The lowest BCUT2D eigenvalue weighted by atomic mass is 10.0. The number of hydrogen-bond donors (Lipinski definition) is 1. The molecule has 0 radical (unpaired) electrons. The highest BCUT2D eigenvalue weighted by Crippen LogP contribution is 2.29. The number of amides is 1. The van der Waals surface area contributed by atoms with E-state index in [-0.39, 0.29) is 11.8 Å². The third-order valence-electron chi connectivity index (χ3n) is 3.06. The van der Waals surface area contributed by atoms with E-state index in [4.69, 9.17) is 16.3 Å². The molecule has 0 bridgehead atoms. The highest BCUT2D eigenvalue weighted by atomic mass is 35.5. The number of nitrogens with zero attached hydrogens (tertiary/aromatic N) is 1. The van der Waals surface area contributed by atoms with Crippen molar-refractivity contribution in [1.82, 2.24) is 5.32 Å². The quantitative estimate of drug-likeness (QED) is 0.907. The number of hydrogen-bond acceptors (Lipinski definition) is 3. The van der Waals surface area contributed by atoms with Gasteiger partial charge in [-0.05, 0) is 25.1 Å². The summed E-state index contributed by atoms with van der Waals surface area (Å²) in [4.78, 5) is 13.7. The van der Waals surface area contributed by atoms with Crippen molar-refractivity contribution in [2.24, 2.45) is 5.92 Å². The van der Waals surface area contributed by atoms with E-state index in [9.17, 15) is 4.79 Å². The first-order valence-corrected chi connectivity index (χ1v) is 6.42. The van der Waals surface area contributed by atoms with Crippen LogP contribution in [-0.2, 0) is 4.79 Å². The number of carbonyl (C=O) groups excluding carboxylic acids is 1. The highest BCUT2D eigenvalue weighted by molar-refractivity contribution is 6.32. The van der Waals surface area contributed by atoms with Crippen LogP contribution in [0, 0.1) is 5.92 Å². The van der Waals surface area contributed by atoms with E-state index in [0.717, 1.165) is 18.8 Å². The lowest BCUT2D eigenvalue weighted by Crippen LogP contribution is -2.51. The van der Waals surface area contributed by atoms with Crippen molar-refractivity contribution >= 4 is 23.2 Å². The molecule has 0 aromatic heterocycles. The van der Waals surface area contributed by atoms with Gasteiger partial charge < -0.3 is 15.0 Å². The number of benzene rings is 1. The van der Waals surface area contributed by atoms with E-state index >= 15 is 0 Å². The van der Waals surface area contributed by atoms with Crippen LogP contribution in [-0.4, -0.2) is 32.7 Å². The Morgan fingerprint density at radius 2 is 2.28 bits per heavy atom. The van der Waals surface area contributed by atoms with Crippen LogP contribution < -0.4 is 15.0 Å². The fraction of sp³-hybridized carbons (Fsp3) is 0.462. The molecule has 98 valence electrons. The first kappa shape index (κ1) is 13.2. The van der Waals surface area contributed by atoms with Gasteiger partial charge >= 0.3 is 0 Å². The summed E-state index contributed by atoms with van der Waals surface area (Å²) in [6.07, 6.45) is 0. The second kappa shape index (κ2) is 5.59. The van der Waals surface area contributed by atoms with Gasteiger partial charge in [-0.2, -0.15) is 0 Å². The van der Waals surface area contributed by atoms with Crippen LogP contribution in [0.3, 0.4) is 0 Å². The SMILES string of the molecule is CCOc1ccc(N(C)C(=O)C2CNC2)cc1Cl. The van der Waals surface area contributed by atoms with Gasteiger partial charge in [0.2, 0.25) is 5.91 Å². The Morgan fingerprint density at radius 1 is 1.56 bits per heavy atom. The average molecular weight is 269 g/mol. The van der Waals surface area contributed by atoms with Crippen LogP contribution in [0.5, 0.6) is 5.75 Å². The molecule has 1 fully saturated rings. The summed E-state index contributed by atoms with van der Waals surface area (Å²) in [6, 6.07) is 5.40. The topological polar surface area (TPSA) is 41.6 Å². The Kier molecular flexibility index (Phi) is 4.09. The second-order valence-corrected chi connectivity index (χ2v) is 4.71. The number of anilines is 1. The van der Waals surface area contributed by atoms with Crippen molar-refractivity contribution in [1.29, 1.82) is 0 Å². The van der Waals surface area contributed by atoms with Crippen molar-refractivity contribution in [3.63, 3.8) is 0 Å². The first-order valence-electron chi connectivity index (χ1n) is 6.04. The third-order valence-corrected chi connectivity index (χ3v) is 3.36. The molecule has 1 N–H and O–H groups in total. The maximum atomic E-state index is 12.1. The molecular formula is C13H17ClN2O2. The van der Waals surface area contributed by atoms with Gasteiger partial charge in [0.1, 0.15) is 5.75 Å². The summed E-state index contributed by atoms with van der Waals surface area (Å²) in [5.41, 5.74) is 0.792. The average Bonchev–Trinajstić information content (AvgIpc) is 2.28. The summed E-state index contributed by atoms with van der Waals surface area (Å²) in [5.74, 6) is 0.850. The maximum Gasteiger partial charge on any atom is 0.232 e. The minimum absolute atomic E-state index is 0.0837. The molecule has 1 heterocycles. The fourth-order valence-corrected chi connectivity index (χ4v) is 2.06. The lowest BCUT2D eigenvalue weighted by Gasteiger charge is -2.30. The Hall–Kier alpha value is -1.26. The number of rotatable bonds is 4. The lowest BCUT2D eigenvalue weighted by molar-refractivity contribution is -0.123. The van der Waals surface area contributed by atoms with E-state index in [1.165, 1.54) is 0 Å². The Balaban J connectivity index is 2.12. The summed E-state index contributed by atoms with van der Waals surface area (Å²) in [5, 5.41) is 3.62. The van der Waals surface area contributed by atoms with Gasteiger partial charge in [0.25, 0.3) is 0 Å². The van der Waals surface area contributed by atoms with E-state index in [2.05, 4.69) is 5.32 Å². The molecule has 0 aliphatic carbocycles. The van der Waals surface area contributed by atoms with Gasteiger partial charge in [-0.15, -0.1) is 0 Å². The molecule has 4 nitrogen and oxygen atoms in total. The normalized spacial score (nSPS) is 15.1. The molecule has 18 heavy (non-hydrogen) atoms. The number of ether oxygens (including phenoxy) is 1.